The molecule has 0 spiro atoms. The van der Waals surface area contributed by atoms with Crippen molar-refractivity contribution in [3.8, 4) is 0 Å². The van der Waals surface area contributed by atoms with Crippen LogP contribution in [-0.4, -0.2) is 38.0 Å². The molecule has 5 heteroatoms. The van der Waals surface area contributed by atoms with Crippen molar-refractivity contribution in [2.45, 2.75) is 48.8 Å². The van der Waals surface area contributed by atoms with Crippen LogP contribution in [0.4, 0.5) is 0 Å². The summed E-state index contributed by atoms with van der Waals surface area (Å²) >= 11 is 0. The molecule has 0 saturated heterocycles. The Morgan fingerprint density at radius 3 is 2.50 bits per heavy atom. The van der Waals surface area contributed by atoms with Crippen molar-refractivity contribution in [3.05, 3.63) is 29.8 Å². The highest BCUT2D eigenvalue weighted by atomic mass is 32.2. The fraction of sp³-hybridized carbons (Fsp3) is 0.600. The average molecular weight is 297 g/mol. The first-order chi connectivity index (χ1) is 9.55. The highest BCUT2D eigenvalue weighted by molar-refractivity contribution is 7.92. The number of hydrogen-bond acceptors (Lipinski definition) is 4. The van der Waals surface area contributed by atoms with Gasteiger partial charge in [-0.1, -0.05) is 30.5 Å². The minimum Gasteiger partial charge on any atom is -0.395 e. The summed E-state index contributed by atoms with van der Waals surface area (Å²) in [4.78, 5) is 0.408. The van der Waals surface area contributed by atoms with Gasteiger partial charge in [0, 0.05) is 12.6 Å². The summed E-state index contributed by atoms with van der Waals surface area (Å²) in [7, 11) is -3.30. The van der Waals surface area contributed by atoms with Crippen LogP contribution in [0.15, 0.2) is 29.2 Å². The number of benzene rings is 1. The molecule has 20 heavy (non-hydrogen) atoms. The maximum absolute atomic E-state index is 12.8. The van der Waals surface area contributed by atoms with E-state index in [1.54, 1.807) is 12.1 Å². The zero-order valence-corrected chi connectivity index (χ0v) is 12.7. The molecule has 2 rings (SSSR count). The lowest BCUT2D eigenvalue weighted by Crippen LogP contribution is -2.47. The van der Waals surface area contributed by atoms with E-state index in [0.29, 0.717) is 17.9 Å². The molecule has 0 unspecified atom stereocenters. The number of sulfone groups is 1. The third-order valence-electron chi connectivity index (χ3n) is 3.97. The standard InChI is InChI=1S/C15H23NO3S/c1-12-6-8-13(9-7-12)20(18,19)15-5-3-2-4-14(15)16-10-11-17/h6-9,14-17H,2-5,10-11H2,1H3/t14-,15-/m0/s1. The van der Waals surface area contributed by atoms with E-state index in [1.165, 1.54) is 0 Å². The molecule has 0 amide bonds. The van der Waals surface area contributed by atoms with Crippen molar-refractivity contribution in [1.82, 2.24) is 5.32 Å². The van der Waals surface area contributed by atoms with E-state index in [4.69, 9.17) is 5.11 Å². The van der Waals surface area contributed by atoms with Crippen LogP contribution in [0.3, 0.4) is 0 Å². The molecular weight excluding hydrogens is 274 g/mol. The summed E-state index contributed by atoms with van der Waals surface area (Å²) < 4.78 is 25.5. The molecule has 2 atom stereocenters. The van der Waals surface area contributed by atoms with E-state index in [2.05, 4.69) is 5.32 Å². The number of hydrogen-bond donors (Lipinski definition) is 2. The molecule has 0 aliphatic heterocycles. The summed E-state index contributed by atoms with van der Waals surface area (Å²) in [5.41, 5.74) is 1.06. The third kappa shape index (κ3) is 3.40. The first-order valence-corrected chi connectivity index (χ1v) is 8.75. The van der Waals surface area contributed by atoms with Crippen LogP contribution in [-0.2, 0) is 9.84 Å². The predicted octanol–water partition coefficient (Wildman–Crippen LogP) is 1.66. The van der Waals surface area contributed by atoms with Gasteiger partial charge in [-0.15, -0.1) is 0 Å². The maximum atomic E-state index is 12.8. The summed E-state index contributed by atoms with van der Waals surface area (Å²) in [6.07, 6.45) is 3.55. The van der Waals surface area contributed by atoms with Gasteiger partial charge in [0.25, 0.3) is 0 Å². The van der Waals surface area contributed by atoms with Gasteiger partial charge in [0.2, 0.25) is 0 Å². The molecule has 4 nitrogen and oxygen atoms in total. The smallest absolute Gasteiger partial charge is 0.182 e. The van der Waals surface area contributed by atoms with E-state index in [0.717, 1.165) is 24.8 Å². The molecule has 0 radical (unpaired) electrons. The lowest BCUT2D eigenvalue weighted by Gasteiger charge is -2.32. The van der Waals surface area contributed by atoms with Crippen LogP contribution in [0.5, 0.6) is 0 Å². The lowest BCUT2D eigenvalue weighted by atomic mass is 9.95. The van der Waals surface area contributed by atoms with Crippen molar-refractivity contribution in [1.29, 1.82) is 0 Å². The number of nitrogens with one attached hydrogen (secondary N) is 1. The van der Waals surface area contributed by atoms with E-state index >= 15 is 0 Å². The number of rotatable bonds is 5. The van der Waals surface area contributed by atoms with Crippen molar-refractivity contribution >= 4 is 9.84 Å². The Morgan fingerprint density at radius 1 is 1.20 bits per heavy atom. The van der Waals surface area contributed by atoms with Gasteiger partial charge in [-0.2, -0.15) is 0 Å². The maximum Gasteiger partial charge on any atom is 0.182 e. The highest BCUT2D eigenvalue weighted by Gasteiger charge is 2.36. The second-order valence-electron chi connectivity index (χ2n) is 5.47. The first-order valence-electron chi connectivity index (χ1n) is 7.20. The molecule has 1 aliphatic carbocycles. The fourth-order valence-corrected chi connectivity index (χ4v) is 4.86. The minimum absolute atomic E-state index is 0.0355. The molecule has 112 valence electrons. The van der Waals surface area contributed by atoms with Crippen LogP contribution in [0, 0.1) is 6.92 Å². The highest BCUT2D eigenvalue weighted by Crippen LogP contribution is 2.29. The van der Waals surface area contributed by atoms with Crippen molar-refractivity contribution in [3.63, 3.8) is 0 Å². The van der Waals surface area contributed by atoms with E-state index in [9.17, 15) is 8.42 Å². The Balaban J connectivity index is 2.23. The molecule has 2 N–H and O–H groups in total. The Kier molecular flexibility index (Phi) is 5.18. The van der Waals surface area contributed by atoms with Gasteiger partial charge < -0.3 is 10.4 Å². The molecule has 1 aromatic carbocycles. The Labute approximate surface area is 121 Å². The third-order valence-corrected chi connectivity index (χ3v) is 6.26. The zero-order valence-electron chi connectivity index (χ0n) is 11.9. The normalized spacial score (nSPS) is 23.7. The largest absolute Gasteiger partial charge is 0.395 e. The Hall–Kier alpha value is -0.910. The summed E-state index contributed by atoms with van der Waals surface area (Å²) in [6, 6.07) is 7.02. The van der Waals surface area contributed by atoms with Crippen LogP contribution in [0.25, 0.3) is 0 Å². The lowest BCUT2D eigenvalue weighted by molar-refractivity contribution is 0.272. The fourth-order valence-electron chi connectivity index (χ4n) is 2.85. The van der Waals surface area contributed by atoms with Gasteiger partial charge in [0.15, 0.2) is 9.84 Å². The number of aliphatic hydroxyl groups is 1. The van der Waals surface area contributed by atoms with E-state index in [1.807, 2.05) is 19.1 Å². The molecule has 0 aromatic heterocycles. The SMILES string of the molecule is Cc1ccc(S(=O)(=O)[C@H]2CCCC[C@@H]2NCCO)cc1. The quantitative estimate of drug-likeness (QED) is 0.867. The van der Waals surface area contributed by atoms with Crippen LogP contribution in [0.2, 0.25) is 0 Å². The number of aliphatic hydroxyl groups excluding tert-OH is 1. The molecule has 1 aromatic rings. The van der Waals surface area contributed by atoms with Gasteiger partial charge in [-0.25, -0.2) is 8.42 Å². The second-order valence-corrected chi connectivity index (χ2v) is 7.63. The van der Waals surface area contributed by atoms with E-state index in [-0.39, 0.29) is 17.9 Å². The molecule has 0 bridgehead atoms. The second kappa shape index (κ2) is 6.70. The Bertz CT molecular complexity index is 525. The van der Waals surface area contributed by atoms with Crippen LogP contribution in [0.1, 0.15) is 31.2 Å². The topological polar surface area (TPSA) is 66.4 Å². The van der Waals surface area contributed by atoms with Crippen molar-refractivity contribution in [2.75, 3.05) is 13.2 Å². The summed E-state index contributed by atoms with van der Waals surface area (Å²) in [5, 5.41) is 11.7. The molecule has 1 saturated carbocycles. The summed E-state index contributed by atoms with van der Waals surface area (Å²) in [5.74, 6) is 0. The minimum atomic E-state index is -3.30. The van der Waals surface area contributed by atoms with Gasteiger partial charge >= 0.3 is 0 Å². The zero-order chi connectivity index (χ0) is 14.6. The van der Waals surface area contributed by atoms with Crippen molar-refractivity contribution < 1.29 is 13.5 Å². The van der Waals surface area contributed by atoms with Crippen LogP contribution < -0.4 is 5.32 Å². The van der Waals surface area contributed by atoms with Gasteiger partial charge in [0.05, 0.1) is 16.8 Å². The average Bonchev–Trinajstić information content (AvgIpc) is 2.46. The van der Waals surface area contributed by atoms with Gasteiger partial charge in [-0.05, 0) is 31.9 Å². The first kappa shape index (κ1) is 15.5. The molecule has 1 aliphatic rings. The predicted molar refractivity (Wildman–Crippen MR) is 79.5 cm³/mol. The monoisotopic (exact) mass is 297 g/mol. The number of aryl methyl sites for hydroxylation is 1. The molecular formula is C15H23NO3S. The van der Waals surface area contributed by atoms with Crippen molar-refractivity contribution in [2.24, 2.45) is 0 Å². The molecule has 1 fully saturated rings. The molecule has 0 heterocycles. The summed E-state index contributed by atoms with van der Waals surface area (Å²) in [6.45, 7) is 2.43. The van der Waals surface area contributed by atoms with Gasteiger partial charge in [0.1, 0.15) is 0 Å². The van der Waals surface area contributed by atoms with E-state index < -0.39 is 9.84 Å². The Morgan fingerprint density at radius 2 is 1.85 bits per heavy atom. The van der Waals surface area contributed by atoms with Crippen LogP contribution >= 0.6 is 0 Å². The van der Waals surface area contributed by atoms with Gasteiger partial charge in [-0.3, -0.25) is 0 Å².